The second-order valence-corrected chi connectivity index (χ2v) is 10.7. The molecule has 1 saturated heterocycles. The van der Waals surface area contributed by atoms with Crippen LogP contribution in [0.2, 0.25) is 5.02 Å². The molecule has 1 N–H and O–H groups in total. The first kappa shape index (κ1) is 26.8. The van der Waals surface area contributed by atoms with Gasteiger partial charge in [-0.15, -0.1) is 0 Å². The van der Waals surface area contributed by atoms with Crippen LogP contribution in [0.1, 0.15) is 20.9 Å². The van der Waals surface area contributed by atoms with Crippen LogP contribution >= 0.6 is 11.6 Å². The molecule has 12 nitrogen and oxygen atoms in total. The van der Waals surface area contributed by atoms with Crippen molar-refractivity contribution in [3.8, 4) is 0 Å². The Labute approximate surface area is 221 Å². The molecule has 3 aromatic rings. The maximum Gasteiger partial charge on any atom is 0.288 e. The van der Waals surface area contributed by atoms with Gasteiger partial charge in [-0.25, -0.2) is 8.42 Å². The van der Waals surface area contributed by atoms with Crippen LogP contribution in [0, 0.1) is 10.1 Å². The number of halogens is 1. The summed E-state index contributed by atoms with van der Waals surface area (Å²) < 4.78 is 31.9. The second-order valence-electron chi connectivity index (χ2n) is 8.25. The molecule has 0 spiro atoms. The molecular weight excluding hydrogens is 540 g/mol. The molecule has 14 heteroatoms. The van der Waals surface area contributed by atoms with Crippen molar-refractivity contribution in [2.75, 3.05) is 26.2 Å². The van der Waals surface area contributed by atoms with Crippen LogP contribution < -0.4 is 5.32 Å². The molecule has 1 fully saturated rings. The predicted octanol–water partition coefficient (Wildman–Crippen LogP) is 2.36. The Kier molecular flexibility index (Phi) is 7.78. The van der Waals surface area contributed by atoms with E-state index in [2.05, 4.69) is 5.32 Å². The zero-order chi connectivity index (χ0) is 27.4. The smallest absolute Gasteiger partial charge is 0.288 e. The summed E-state index contributed by atoms with van der Waals surface area (Å²) >= 11 is 5.87. The van der Waals surface area contributed by atoms with E-state index >= 15 is 0 Å². The first-order valence-corrected chi connectivity index (χ1v) is 13.2. The number of carbonyl (C=O) groups is 3. The fourth-order valence-electron chi connectivity index (χ4n) is 3.83. The molecule has 1 aliphatic heterocycles. The minimum atomic E-state index is -4.40. The van der Waals surface area contributed by atoms with E-state index in [1.54, 1.807) is 0 Å². The molecule has 1 atom stereocenters. The number of furan rings is 1. The van der Waals surface area contributed by atoms with Gasteiger partial charge in [0.25, 0.3) is 23.4 Å². The third-order valence-corrected chi connectivity index (χ3v) is 8.01. The monoisotopic (exact) mass is 560 g/mol. The SMILES string of the molecule is O=C(N[C@@H](C(=O)N1CCN(C(=O)c2ccc([N+](=O)[O-])cc2)CC1)S(=O)(=O)c1ccc(Cl)cc1)c1ccco1. The Morgan fingerprint density at radius 3 is 2.11 bits per heavy atom. The Balaban J connectivity index is 1.51. The lowest BCUT2D eigenvalue weighted by Crippen LogP contribution is -2.57. The van der Waals surface area contributed by atoms with Gasteiger partial charge in [0.05, 0.1) is 16.1 Å². The molecule has 198 valence electrons. The van der Waals surface area contributed by atoms with Crippen LogP contribution in [0.4, 0.5) is 5.69 Å². The number of amides is 3. The van der Waals surface area contributed by atoms with Gasteiger partial charge in [0.2, 0.25) is 15.2 Å². The van der Waals surface area contributed by atoms with Gasteiger partial charge >= 0.3 is 0 Å². The summed E-state index contributed by atoms with van der Waals surface area (Å²) in [5.41, 5.74) is 0.0887. The predicted molar refractivity (Wildman–Crippen MR) is 134 cm³/mol. The maximum atomic E-state index is 13.4. The highest BCUT2D eigenvalue weighted by atomic mass is 35.5. The van der Waals surface area contributed by atoms with E-state index in [0.29, 0.717) is 5.02 Å². The van der Waals surface area contributed by atoms with Crippen LogP contribution in [0.3, 0.4) is 0 Å². The highest BCUT2D eigenvalue weighted by molar-refractivity contribution is 7.92. The molecule has 2 heterocycles. The van der Waals surface area contributed by atoms with E-state index in [0.717, 1.165) is 0 Å². The van der Waals surface area contributed by atoms with Crippen molar-refractivity contribution in [3.05, 3.63) is 93.4 Å². The minimum Gasteiger partial charge on any atom is -0.459 e. The van der Waals surface area contributed by atoms with E-state index in [9.17, 15) is 32.9 Å². The summed E-state index contributed by atoms with van der Waals surface area (Å²) in [5, 5.41) is 11.4. The van der Waals surface area contributed by atoms with E-state index < -0.39 is 31.9 Å². The molecule has 1 aromatic heterocycles. The first-order chi connectivity index (χ1) is 18.1. The highest BCUT2D eigenvalue weighted by Crippen LogP contribution is 2.21. The second kappa shape index (κ2) is 11.0. The summed E-state index contributed by atoms with van der Waals surface area (Å²) in [6, 6.07) is 13.1. The minimum absolute atomic E-state index is 0.000809. The number of rotatable bonds is 7. The van der Waals surface area contributed by atoms with Gasteiger partial charge in [0, 0.05) is 48.9 Å². The van der Waals surface area contributed by atoms with Gasteiger partial charge in [-0.1, -0.05) is 11.6 Å². The number of hydrogen-bond acceptors (Lipinski definition) is 8. The van der Waals surface area contributed by atoms with Crippen molar-refractivity contribution in [2.24, 2.45) is 0 Å². The van der Waals surface area contributed by atoms with Gasteiger partial charge < -0.3 is 19.5 Å². The van der Waals surface area contributed by atoms with Crippen LogP contribution in [-0.2, 0) is 14.6 Å². The topological polar surface area (TPSA) is 160 Å². The van der Waals surface area contributed by atoms with Crippen LogP contribution in [0.5, 0.6) is 0 Å². The summed E-state index contributed by atoms with van der Waals surface area (Å²) in [7, 11) is -4.40. The van der Waals surface area contributed by atoms with Gasteiger partial charge in [-0.2, -0.15) is 0 Å². The molecule has 0 saturated carbocycles. The quantitative estimate of drug-likeness (QED) is 0.340. The van der Waals surface area contributed by atoms with Crippen molar-refractivity contribution < 1.29 is 32.1 Å². The normalized spacial score (nSPS) is 14.6. The summed E-state index contributed by atoms with van der Waals surface area (Å²) in [6.45, 7) is 0.171. The standard InChI is InChI=1S/C24H21ClN4O8S/c25-17-5-9-19(10-6-17)38(35,36)22(26-21(30)20-2-1-15-37-20)24(32)28-13-11-27(12-14-28)23(31)16-3-7-18(8-4-16)29(33)34/h1-10,15,22H,11-14H2,(H,26,30)/t22-/m1/s1. The number of piperazine rings is 1. The van der Waals surface area contributed by atoms with Crippen LogP contribution in [0.25, 0.3) is 0 Å². The molecule has 2 aromatic carbocycles. The Hall–Kier alpha value is -4.23. The summed E-state index contributed by atoms with van der Waals surface area (Å²) in [4.78, 5) is 51.7. The van der Waals surface area contributed by atoms with Crippen molar-refractivity contribution in [3.63, 3.8) is 0 Å². The molecule has 0 aliphatic carbocycles. The Morgan fingerprint density at radius 1 is 0.947 bits per heavy atom. The van der Waals surface area contributed by atoms with E-state index in [4.69, 9.17) is 16.0 Å². The number of hydrogen-bond donors (Lipinski definition) is 1. The average Bonchev–Trinajstić information content (AvgIpc) is 3.46. The Morgan fingerprint density at radius 2 is 1.55 bits per heavy atom. The third kappa shape index (κ3) is 5.68. The number of nitrogens with zero attached hydrogens (tertiary/aromatic N) is 3. The van der Waals surface area contributed by atoms with Gasteiger partial charge in [-0.3, -0.25) is 24.5 Å². The van der Waals surface area contributed by atoms with Crippen molar-refractivity contribution >= 4 is 44.8 Å². The summed E-state index contributed by atoms with van der Waals surface area (Å²) in [6.07, 6.45) is 1.24. The zero-order valence-corrected chi connectivity index (χ0v) is 21.2. The number of nitrogens with one attached hydrogen (secondary N) is 1. The maximum absolute atomic E-state index is 13.4. The number of non-ortho nitro benzene ring substituents is 1. The average molecular weight is 561 g/mol. The highest BCUT2D eigenvalue weighted by Gasteiger charge is 2.40. The molecule has 1 aliphatic rings. The number of nitro groups is 1. The largest absolute Gasteiger partial charge is 0.459 e. The number of sulfone groups is 1. The fraction of sp³-hybridized carbons (Fsp3) is 0.208. The lowest BCUT2D eigenvalue weighted by atomic mass is 10.1. The van der Waals surface area contributed by atoms with Crippen LogP contribution in [-0.4, -0.2) is 72.4 Å². The molecule has 0 radical (unpaired) electrons. The lowest BCUT2D eigenvalue weighted by Gasteiger charge is -2.36. The lowest BCUT2D eigenvalue weighted by molar-refractivity contribution is -0.384. The van der Waals surface area contributed by atoms with Crippen molar-refractivity contribution in [1.82, 2.24) is 15.1 Å². The number of nitro benzene ring substituents is 1. The van der Waals surface area contributed by atoms with E-state index in [1.807, 2.05) is 0 Å². The molecular formula is C24H21ClN4O8S. The van der Waals surface area contributed by atoms with Gasteiger partial charge in [0.1, 0.15) is 0 Å². The fourth-order valence-corrected chi connectivity index (χ4v) is 5.42. The molecule has 0 unspecified atom stereocenters. The van der Waals surface area contributed by atoms with Crippen molar-refractivity contribution in [1.29, 1.82) is 0 Å². The third-order valence-electron chi connectivity index (χ3n) is 5.89. The Bertz CT molecular complexity index is 1450. The molecule has 0 bridgehead atoms. The number of benzene rings is 2. The first-order valence-electron chi connectivity index (χ1n) is 11.2. The number of carbonyl (C=O) groups excluding carboxylic acids is 3. The van der Waals surface area contributed by atoms with Gasteiger partial charge in [-0.05, 0) is 48.5 Å². The van der Waals surface area contributed by atoms with E-state index in [-0.39, 0.29) is 54.0 Å². The zero-order valence-electron chi connectivity index (χ0n) is 19.7. The molecule has 4 rings (SSSR count). The van der Waals surface area contributed by atoms with Gasteiger partial charge in [0.15, 0.2) is 5.76 Å². The summed E-state index contributed by atoms with van der Waals surface area (Å²) in [5.74, 6) is -2.32. The van der Waals surface area contributed by atoms with Crippen LogP contribution in [0.15, 0.2) is 76.2 Å². The van der Waals surface area contributed by atoms with E-state index in [1.165, 1.54) is 76.7 Å². The van der Waals surface area contributed by atoms with Crippen molar-refractivity contribution in [2.45, 2.75) is 10.3 Å². The molecule has 38 heavy (non-hydrogen) atoms. The molecule has 3 amide bonds.